The van der Waals surface area contributed by atoms with Gasteiger partial charge in [0.25, 0.3) is 0 Å². The predicted octanol–water partition coefficient (Wildman–Crippen LogP) is 1.99. The molecule has 1 aromatic rings. The Morgan fingerprint density at radius 3 is 2.46 bits per heavy atom. The molecule has 5 nitrogen and oxygen atoms in total. The van der Waals surface area contributed by atoms with E-state index in [2.05, 4.69) is 40.6 Å². The van der Waals surface area contributed by atoms with E-state index in [0.717, 1.165) is 51.4 Å². The van der Waals surface area contributed by atoms with Crippen molar-refractivity contribution in [2.75, 3.05) is 51.2 Å². The van der Waals surface area contributed by atoms with Gasteiger partial charge < -0.3 is 20.4 Å². The normalized spacial score (nSPS) is 17.5. The standard InChI is InChI=1S/C18H30FN5/c1-4-15(2)22(3)10-9-21-18(20)24-13-11-23(12-14-24)17-7-5-16(19)6-8-17/h5-8,15H,4,9-14H2,1-3H3,(H2,20,21). The van der Waals surface area contributed by atoms with E-state index < -0.39 is 0 Å². The average Bonchev–Trinajstić information content (AvgIpc) is 2.61. The lowest BCUT2D eigenvalue weighted by Crippen LogP contribution is -2.51. The van der Waals surface area contributed by atoms with E-state index in [1.807, 2.05) is 12.1 Å². The van der Waals surface area contributed by atoms with E-state index in [9.17, 15) is 4.39 Å². The first-order chi connectivity index (χ1) is 11.5. The summed E-state index contributed by atoms with van der Waals surface area (Å²) in [6, 6.07) is 7.23. The molecule has 0 radical (unpaired) electrons. The summed E-state index contributed by atoms with van der Waals surface area (Å²) in [7, 11) is 2.13. The third kappa shape index (κ3) is 5.09. The summed E-state index contributed by atoms with van der Waals surface area (Å²) in [4.78, 5) is 11.2. The van der Waals surface area contributed by atoms with Crippen molar-refractivity contribution in [2.24, 2.45) is 10.7 Å². The molecular formula is C18H30FN5. The fraction of sp³-hybridized carbons (Fsp3) is 0.611. The van der Waals surface area contributed by atoms with Crippen LogP contribution in [0.3, 0.4) is 0 Å². The van der Waals surface area contributed by atoms with Gasteiger partial charge in [0, 0.05) is 44.5 Å². The van der Waals surface area contributed by atoms with Crippen LogP contribution < -0.4 is 10.6 Å². The number of nitrogens with two attached hydrogens (primary N) is 1. The van der Waals surface area contributed by atoms with Crippen molar-refractivity contribution < 1.29 is 4.39 Å². The van der Waals surface area contributed by atoms with Crippen LogP contribution in [0.4, 0.5) is 10.1 Å². The van der Waals surface area contributed by atoms with Crippen molar-refractivity contribution in [2.45, 2.75) is 26.3 Å². The van der Waals surface area contributed by atoms with Gasteiger partial charge in [-0.3, -0.25) is 4.99 Å². The van der Waals surface area contributed by atoms with Crippen LogP contribution in [0.2, 0.25) is 0 Å². The highest BCUT2D eigenvalue weighted by Crippen LogP contribution is 2.16. The maximum atomic E-state index is 13.0. The number of hydrogen-bond acceptors (Lipinski definition) is 3. The Bertz CT molecular complexity index is 523. The van der Waals surface area contributed by atoms with E-state index >= 15 is 0 Å². The van der Waals surface area contributed by atoms with Crippen LogP contribution in [-0.4, -0.2) is 68.1 Å². The van der Waals surface area contributed by atoms with Crippen molar-refractivity contribution in [3.63, 3.8) is 0 Å². The molecule has 24 heavy (non-hydrogen) atoms. The first-order valence-corrected chi connectivity index (χ1v) is 8.77. The van der Waals surface area contributed by atoms with Crippen LogP contribution in [0.5, 0.6) is 0 Å². The van der Waals surface area contributed by atoms with Gasteiger partial charge in [0.15, 0.2) is 5.96 Å². The van der Waals surface area contributed by atoms with Crippen molar-refractivity contribution >= 4 is 11.6 Å². The second kappa shape index (κ2) is 8.87. The average molecular weight is 335 g/mol. The van der Waals surface area contributed by atoms with Crippen molar-refractivity contribution in [1.29, 1.82) is 0 Å². The molecule has 1 heterocycles. The number of anilines is 1. The zero-order chi connectivity index (χ0) is 17.5. The monoisotopic (exact) mass is 335 g/mol. The molecule has 0 bridgehead atoms. The first-order valence-electron chi connectivity index (χ1n) is 8.77. The molecule has 6 heteroatoms. The summed E-state index contributed by atoms with van der Waals surface area (Å²) in [6.07, 6.45) is 1.14. The number of rotatable bonds is 6. The largest absolute Gasteiger partial charge is 0.370 e. The Hall–Kier alpha value is -1.82. The molecule has 0 aliphatic carbocycles. The zero-order valence-electron chi connectivity index (χ0n) is 15.1. The highest BCUT2D eigenvalue weighted by atomic mass is 19.1. The van der Waals surface area contributed by atoms with Gasteiger partial charge in [-0.1, -0.05) is 6.92 Å². The second-order valence-corrected chi connectivity index (χ2v) is 6.43. The summed E-state index contributed by atoms with van der Waals surface area (Å²) in [5.74, 6) is 0.433. The third-order valence-electron chi connectivity index (χ3n) is 4.87. The van der Waals surface area contributed by atoms with Gasteiger partial charge >= 0.3 is 0 Å². The van der Waals surface area contributed by atoms with Crippen molar-refractivity contribution in [3.05, 3.63) is 30.1 Å². The molecule has 1 fully saturated rings. The molecule has 0 spiro atoms. The molecule has 1 atom stereocenters. The lowest BCUT2D eigenvalue weighted by molar-refractivity contribution is 0.258. The van der Waals surface area contributed by atoms with E-state index in [1.54, 1.807) is 0 Å². The molecule has 0 amide bonds. The Labute approximate surface area is 144 Å². The number of hydrogen-bond donors (Lipinski definition) is 1. The van der Waals surface area contributed by atoms with Gasteiger partial charge in [-0.25, -0.2) is 4.39 Å². The Balaban J connectivity index is 1.78. The topological polar surface area (TPSA) is 48.1 Å². The number of benzene rings is 1. The number of halogens is 1. The van der Waals surface area contributed by atoms with E-state index in [0.29, 0.717) is 12.0 Å². The highest BCUT2D eigenvalue weighted by Gasteiger charge is 2.18. The molecule has 134 valence electrons. The minimum atomic E-state index is -0.198. The molecule has 0 saturated carbocycles. The summed E-state index contributed by atoms with van der Waals surface area (Å²) >= 11 is 0. The van der Waals surface area contributed by atoms with Crippen molar-refractivity contribution in [3.8, 4) is 0 Å². The fourth-order valence-corrected chi connectivity index (χ4v) is 2.80. The number of nitrogens with zero attached hydrogens (tertiary/aromatic N) is 4. The summed E-state index contributed by atoms with van der Waals surface area (Å²) < 4.78 is 13.0. The van der Waals surface area contributed by atoms with Crippen LogP contribution in [0, 0.1) is 5.82 Å². The molecule has 2 N–H and O–H groups in total. The van der Waals surface area contributed by atoms with E-state index in [-0.39, 0.29) is 5.82 Å². The van der Waals surface area contributed by atoms with Crippen LogP contribution in [0.15, 0.2) is 29.3 Å². The molecular weight excluding hydrogens is 305 g/mol. The predicted molar refractivity (Wildman–Crippen MR) is 99.1 cm³/mol. The fourth-order valence-electron chi connectivity index (χ4n) is 2.80. The summed E-state index contributed by atoms with van der Waals surface area (Å²) in [5, 5.41) is 0. The van der Waals surface area contributed by atoms with Gasteiger partial charge in [-0.2, -0.15) is 0 Å². The molecule has 1 aromatic carbocycles. The molecule has 2 rings (SSSR count). The minimum absolute atomic E-state index is 0.198. The zero-order valence-corrected chi connectivity index (χ0v) is 15.1. The molecule has 0 aromatic heterocycles. The first kappa shape index (κ1) is 18.5. The van der Waals surface area contributed by atoms with Gasteiger partial charge in [0.1, 0.15) is 5.82 Å². The number of aliphatic imine (C=N–C) groups is 1. The molecule has 1 aliphatic heterocycles. The van der Waals surface area contributed by atoms with Crippen molar-refractivity contribution in [1.82, 2.24) is 9.80 Å². The van der Waals surface area contributed by atoms with Crippen LogP contribution in [0.25, 0.3) is 0 Å². The lowest BCUT2D eigenvalue weighted by Gasteiger charge is -2.36. The highest BCUT2D eigenvalue weighted by molar-refractivity contribution is 5.78. The van der Waals surface area contributed by atoms with E-state index in [1.165, 1.54) is 12.1 Å². The Morgan fingerprint density at radius 1 is 1.25 bits per heavy atom. The van der Waals surface area contributed by atoms with Gasteiger partial charge in [0.05, 0.1) is 6.54 Å². The molecule has 1 aliphatic rings. The van der Waals surface area contributed by atoms with Crippen LogP contribution in [0.1, 0.15) is 20.3 Å². The van der Waals surface area contributed by atoms with E-state index in [4.69, 9.17) is 5.73 Å². The SMILES string of the molecule is CCC(C)N(C)CCN=C(N)N1CCN(c2ccc(F)cc2)CC1. The van der Waals surface area contributed by atoms with Gasteiger partial charge in [0.2, 0.25) is 0 Å². The lowest BCUT2D eigenvalue weighted by atomic mass is 10.2. The summed E-state index contributed by atoms with van der Waals surface area (Å²) in [6.45, 7) is 9.49. The number of likely N-dealkylation sites (N-methyl/N-ethyl adjacent to an activating group) is 1. The van der Waals surface area contributed by atoms with Crippen LogP contribution in [-0.2, 0) is 0 Å². The number of guanidine groups is 1. The second-order valence-electron chi connectivity index (χ2n) is 6.43. The number of piperazine rings is 1. The molecule has 1 unspecified atom stereocenters. The van der Waals surface area contributed by atoms with Gasteiger partial charge in [-0.15, -0.1) is 0 Å². The van der Waals surface area contributed by atoms with Crippen LogP contribution >= 0.6 is 0 Å². The summed E-state index contributed by atoms with van der Waals surface area (Å²) in [5.41, 5.74) is 7.19. The maximum Gasteiger partial charge on any atom is 0.191 e. The Kier molecular flexibility index (Phi) is 6.85. The Morgan fingerprint density at radius 2 is 1.88 bits per heavy atom. The minimum Gasteiger partial charge on any atom is -0.370 e. The quantitative estimate of drug-likeness (QED) is 0.638. The molecule has 1 saturated heterocycles. The third-order valence-corrected chi connectivity index (χ3v) is 4.87. The maximum absolute atomic E-state index is 13.0. The smallest absolute Gasteiger partial charge is 0.191 e. The van der Waals surface area contributed by atoms with Gasteiger partial charge in [-0.05, 0) is 44.7 Å².